The molecule has 1 atom stereocenters. The van der Waals surface area contributed by atoms with Gasteiger partial charge < -0.3 is 9.64 Å². The van der Waals surface area contributed by atoms with Crippen LogP contribution < -0.4 is 0 Å². The molecule has 0 saturated carbocycles. The topological polar surface area (TPSA) is 45.7 Å². The lowest BCUT2D eigenvalue weighted by molar-refractivity contribution is -0.131. The molecule has 150 valence electrons. The number of hydrogen-bond donors (Lipinski definition) is 0. The summed E-state index contributed by atoms with van der Waals surface area (Å²) >= 11 is 1.62. The molecule has 5 nitrogen and oxygen atoms in total. The van der Waals surface area contributed by atoms with Crippen LogP contribution in [0.15, 0.2) is 59.8 Å². The van der Waals surface area contributed by atoms with E-state index in [1.54, 1.807) is 24.2 Å². The number of pyridine rings is 1. The summed E-state index contributed by atoms with van der Waals surface area (Å²) in [7, 11) is 0. The smallest absolute Gasteiger partial charge is 0.236 e. The Labute approximate surface area is 172 Å². The zero-order valence-electron chi connectivity index (χ0n) is 16.5. The molecule has 2 heterocycles. The molecule has 6 heteroatoms. The minimum atomic E-state index is -0.118. The lowest BCUT2D eigenvalue weighted by atomic mass is 10.2. The summed E-state index contributed by atoms with van der Waals surface area (Å²) in [6.45, 7) is 7.99. The van der Waals surface area contributed by atoms with Gasteiger partial charge in [-0.3, -0.25) is 14.7 Å². The Morgan fingerprint density at radius 1 is 1.18 bits per heavy atom. The number of ether oxygens (including phenoxy) is 1. The third-order valence-electron chi connectivity index (χ3n) is 4.84. The van der Waals surface area contributed by atoms with Crippen molar-refractivity contribution >= 4 is 17.7 Å². The second kappa shape index (κ2) is 11.2. The average molecular weight is 400 g/mol. The van der Waals surface area contributed by atoms with E-state index in [0.29, 0.717) is 6.54 Å². The average Bonchev–Trinajstić information content (AvgIpc) is 2.75. The maximum atomic E-state index is 13.2. The van der Waals surface area contributed by atoms with Gasteiger partial charge in [-0.05, 0) is 43.2 Å². The van der Waals surface area contributed by atoms with E-state index >= 15 is 0 Å². The van der Waals surface area contributed by atoms with Gasteiger partial charge in [-0.25, -0.2) is 0 Å². The highest BCUT2D eigenvalue weighted by Crippen LogP contribution is 2.24. The zero-order valence-corrected chi connectivity index (χ0v) is 17.3. The van der Waals surface area contributed by atoms with E-state index in [0.717, 1.165) is 56.3 Å². The van der Waals surface area contributed by atoms with E-state index in [-0.39, 0.29) is 11.2 Å². The van der Waals surface area contributed by atoms with Crippen molar-refractivity contribution in [2.75, 3.05) is 39.4 Å². The number of nitrogens with zero attached hydrogens (tertiary/aromatic N) is 3. The van der Waals surface area contributed by atoms with Gasteiger partial charge in [-0.1, -0.05) is 18.2 Å². The number of amides is 1. The summed E-state index contributed by atoms with van der Waals surface area (Å²) in [5.74, 6) is 0.188. The third kappa shape index (κ3) is 6.62. The Hall–Kier alpha value is -1.89. The molecule has 1 aliphatic rings. The van der Waals surface area contributed by atoms with Crippen LogP contribution in [0.25, 0.3) is 0 Å². The normalized spacial score (nSPS) is 15.9. The van der Waals surface area contributed by atoms with Gasteiger partial charge in [0.2, 0.25) is 5.91 Å². The number of rotatable bonds is 9. The summed E-state index contributed by atoms with van der Waals surface area (Å²) in [5, 5.41) is -0.118. The molecular formula is C22H29N3O2S. The SMILES string of the molecule is CC(Sc1ccccc1)C(=O)N(CCCN1CCOCC1)Cc1ccncc1. The van der Waals surface area contributed by atoms with Crippen LogP contribution in [0.2, 0.25) is 0 Å². The molecule has 1 aromatic heterocycles. The maximum Gasteiger partial charge on any atom is 0.236 e. The number of aromatic nitrogens is 1. The van der Waals surface area contributed by atoms with E-state index in [2.05, 4.69) is 22.0 Å². The molecule has 0 bridgehead atoms. The van der Waals surface area contributed by atoms with Crippen LogP contribution in [0.1, 0.15) is 18.9 Å². The summed E-state index contributed by atoms with van der Waals surface area (Å²) in [6.07, 6.45) is 4.54. The summed E-state index contributed by atoms with van der Waals surface area (Å²) in [5.41, 5.74) is 1.12. The number of carbonyl (C=O) groups excluding carboxylic acids is 1. The van der Waals surface area contributed by atoms with Gasteiger partial charge in [0.25, 0.3) is 0 Å². The molecular weight excluding hydrogens is 370 g/mol. The van der Waals surface area contributed by atoms with Crippen molar-refractivity contribution in [1.29, 1.82) is 0 Å². The highest BCUT2D eigenvalue weighted by molar-refractivity contribution is 8.00. The summed E-state index contributed by atoms with van der Waals surface area (Å²) in [6, 6.07) is 14.1. The first kappa shape index (κ1) is 20.8. The fourth-order valence-electron chi connectivity index (χ4n) is 3.30. The molecule has 0 radical (unpaired) electrons. The minimum Gasteiger partial charge on any atom is -0.379 e. The van der Waals surface area contributed by atoms with Crippen molar-refractivity contribution in [3.63, 3.8) is 0 Å². The van der Waals surface area contributed by atoms with Gasteiger partial charge in [-0.15, -0.1) is 11.8 Å². The first-order chi connectivity index (χ1) is 13.7. The Morgan fingerprint density at radius 2 is 1.89 bits per heavy atom. The van der Waals surface area contributed by atoms with E-state index in [4.69, 9.17) is 4.74 Å². The molecule has 1 aromatic carbocycles. The van der Waals surface area contributed by atoms with Gasteiger partial charge in [0.1, 0.15) is 0 Å². The number of hydrogen-bond acceptors (Lipinski definition) is 5. The second-order valence-electron chi connectivity index (χ2n) is 7.00. The largest absolute Gasteiger partial charge is 0.379 e. The van der Waals surface area contributed by atoms with Crippen LogP contribution in [-0.2, 0) is 16.1 Å². The third-order valence-corrected chi connectivity index (χ3v) is 5.94. The first-order valence-corrected chi connectivity index (χ1v) is 10.8. The molecule has 0 aliphatic carbocycles. The minimum absolute atomic E-state index is 0.118. The predicted molar refractivity (Wildman–Crippen MR) is 113 cm³/mol. The quantitative estimate of drug-likeness (QED) is 0.606. The standard InChI is InChI=1S/C22H29N3O2S/c1-19(28-21-6-3-2-4-7-21)22(26)25(18-20-8-10-23-11-9-20)13-5-12-24-14-16-27-17-15-24/h2-4,6-11,19H,5,12-18H2,1H3. The Bertz CT molecular complexity index is 708. The molecule has 1 aliphatic heterocycles. The Morgan fingerprint density at radius 3 is 2.61 bits per heavy atom. The molecule has 0 N–H and O–H groups in total. The molecule has 1 fully saturated rings. The molecule has 0 spiro atoms. The van der Waals surface area contributed by atoms with Crippen molar-refractivity contribution in [2.45, 2.75) is 30.0 Å². The molecule has 3 rings (SSSR count). The Balaban J connectivity index is 1.59. The summed E-state index contributed by atoms with van der Waals surface area (Å²) < 4.78 is 5.42. The van der Waals surface area contributed by atoms with Crippen LogP contribution in [-0.4, -0.2) is 65.3 Å². The van der Waals surface area contributed by atoms with Gasteiger partial charge in [-0.2, -0.15) is 0 Å². The predicted octanol–water partition coefficient (Wildman–Crippen LogP) is 3.31. The van der Waals surface area contributed by atoms with E-state index in [1.165, 1.54) is 0 Å². The van der Waals surface area contributed by atoms with Crippen molar-refractivity contribution < 1.29 is 9.53 Å². The number of thioether (sulfide) groups is 1. The van der Waals surface area contributed by atoms with Gasteiger partial charge in [0.05, 0.1) is 18.5 Å². The van der Waals surface area contributed by atoms with Crippen LogP contribution in [0.3, 0.4) is 0 Å². The fraction of sp³-hybridized carbons (Fsp3) is 0.455. The van der Waals surface area contributed by atoms with Crippen LogP contribution in [0.5, 0.6) is 0 Å². The van der Waals surface area contributed by atoms with Gasteiger partial charge >= 0.3 is 0 Å². The molecule has 28 heavy (non-hydrogen) atoms. The molecule has 1 saturated heterocycles. The first-order valence-electron chi connectivity index (χ1n) is 9.92. The van der Waals surface area contributed by atoms with E-state index in [1.807, 2.05) is 42.2 Å². The van der Waals surface area contributed by atoms with E-state index in [9.17, 15) is 4.79 Å². The monoisotopic (exact) mass is 399 g/mol. The van der Waals surface area contributed by atoms with Crippen molar-refractivity contribution in [3.8, 4) is 0 Å². The molecule has 1 unspecified atom stereocenters. The van der Waals surface area contributed by atoms with Crippen LogP contribution in [0.4, 0.5) is 0 Å². The zero-order chi connectivity index (χ0) is 19.6. The van der Waals surface area contributed by atoms with Crippen LogP contribution >= 0.6 is 11.8 Å². The molecule has 1 amide bonds. The highest BCUT2D eigenvalue weighted by atomic mass is 32.2. The maximum absolute atomic E-state index is 13.2. The lowest BCUT2D eigenvalue weighted by Gasteiger charge is -2.29. The Kier molecular flexibility index (Phi) is 8.33. The number of carbonyl (C=O) groups is 1. The highest BCUT2D eigenvalue weighted by Gasteiger charge is 2.22. The number of morpholine rings is 1. The number of benzene rings is 1. The summed E-state index contributed by atoms with van der Waals surface area (Å²) in [4.78, 5) is 22.8. The molecule has 2 aromatic rings. The van der Waals surface area contributed by atoms with Crippen molar-refractivity contribution in [2.24, 2.45) is 0 Å². The lowest BCUT2D eigenvalue weighted by Crippen LogP contribution is -2.40. The van der Waals surface area contributed by atoms with Crippen molar-refractivity contribution in [1.82, 2.24) is 14.8 Å². The van der Waals surface area contributed by atoms with Gasteiger partial charge in [0.15, 0.2) is 0 Å². The van der Waals surface area contributed by atoms with Crippen molar-refractivity contribution in [3.05, 3.63) is 60.4 Å². The second-order valence-corrected chi connectivity index (χ2v) is 8.41. The fourth-order valence-corrected chi connectivity index (χ4v) is 4.27. The van der Waals surface area contributed by atoms with Crippen LogP contribution in [0, 0.1) is 0 Å². The van der Waals surface area contributed by atoms with Gasteiger partial charge in [0, 0.05) is 50.0 Å². The van der Waals surface area contributed by atoms with E-state index < -0.39 is 0 Å².